The van der Waals surface area contributed by atoms with Gasteiger partial charge in [-0.05, 0) is 25.3 Å². The van der Waals surface area contributed by atoms with Gasteiger partial charge in [-0.2, -0.15) is 5.10 Å². The first-order chi connectivity index (χ1) is 6.26. The maximum Gasteiger partial charge on any atom is 0.122 e. The van der Waals surface area contributed by atoms with Crippen LogP contribution in [0.4, 0.5) is 0 Å². The number of rotatable bonds is 5. The molecule has 1 heterocycles. The zero-order valence-corrected chi connectivity index (χ0v) is 8.23. The van der Waals surface area contributed by atoms with Gasteiger partial charge in [-0.25, -0.2) is 0 Å². The van der Waals surface area contributed by atoms with Crippen molar-refractivity contribution >= 4 is 6.29 Å². The summed E-state index contributed by atoms with van der Waals surface area (Å²) < 4.78 is 1.90. The van der Waals surface area contributed by atoms with E-state index in [0.29, 0.717) is 0 Å². The molecule has 1 atom stereocenters. The highest BCUT2D eigenvalue weighted by Crippen LogP contribution is 2.06. The first kappa shape index (κ1) is 9.96. The summed E-state index contributed by atoms with van der Waals surface area (Å²) in [5.41, 5.74) is 1.22. The van der Waals surface area contributed by atoms with Crippen LogP contribution in [-0.4, -0.2) is 16.1 Å². The molecule has 0 saturated carbocycles. The molecular weight excluding hydrogens is 164 g/mol. The van der Waals surface area contributed by atoms with E-state index in [1.165, 1.54) is 5.56 Å². The molecule has 0 amide bonds. The summed E-state index contributed by atoms with van der Waals surface area (Å²) >= 11 is 0. The molecule has 0 fully saturated rings. The van der Waals surface area contributed by atoms with Crippen LogP contribution in [0.15, 0.2) is 12.4 Å². The lowest BCUT2D eigenvalue weighted by Gasteiger charge is -1.99. The van der Waals surface area contributed by atoms with E-state index in [1.807, 2.05) is 24.0 Å². The number of nitrogens with zero attached hydrogens (tertiary/aromatic N) is 2. The first-order valence-corrected chi connectivity index (χ1v) is 4.73. The van der Waals surface area contributed by atoms with Gasteiger partial charge in [0.25, 0.3) is 0 Å². The molecule has 0 aliphatic rings. The zero-order chi connectivity index (χ0) is 9.68. The molecule has 13 heavy (non-hydrogen) atoms. The van der Waals surface area contributed by atoms with Gasteiger partial charge in [-0.3, -0.25) is 4.68 Å². The van der Waals surface area contributed by atoms with Gasteiger partial charge < -0.3 is 4.79 Å². The van der Waals surface area contributed by atoms with Crippen LogP contribution in [0, 0.1) is 5.92 Å². The predicted octanol–water partition coefficient (Wildman–Crippen LogP) is 1.67. The first-order valence-electron chi connectivity index (χ1n) is 4.73. The summed E-state index contributed by atoms with van der Waals surface area (Å²) in [7, 11) is 0. The molecule has 0 aliphatic carbocycles. The lowest BCUT2D eigenvalue weighted by Crippen LogP contribution is -1.97. The van der Waals surface area contributed by atoms with Crippen molar-refractivity contribution < 1.29 is 4.79 Å². The summed E-state index contributed by atoms with van der Waals surface area (Å²) in [6.45, 7) is 4.91. The van der Waals surface area contributed by atoms with Gasteiger partial charge in [0.05, 0.1) is 6.20 Å². The van der Waals surface area contributed by atoms with E-state index >= 15 is 0 Å². The molecule has 3 heteroatoms. The van der Waals surface area contributed by atoms with Crippen LogP contribution in [0.1, 0.15) is 25.8 Å². The van der Waals surface area contributed by atoms with E-state index in [4.69, 9.17) is 0 Å². The molecule has 0 radical (unpaired) electrons. The van der Waals surface area contributed by atoms with Gasteiger partial charge in [0, 0.05) is 18.7 Å². The van der Waals surface area contributed by atoms with Gasteiger partial charge in [-0.1, -0.05) is 6.92 Å². The topological polar surface area (TPSA) is 34.9 Å². The second kappa shape index (κ2) is 4.80. The number of hydrogen-bond acceptors (Lipinski definition) is 2. The molecule has 72 valence electrons. The minimum atomic E-state index is 0.157. The van der Waals surface area contributed by atoms with Crippen LogP contribution in [0.25, 0.3) is 0 Å². The number of hydrogen-bond donors (Lipinski definition) is 0. The molecule has 0 aliphatic heterocycles. The van der Waals surface area contributed by atoms with Crippen molar-refractivity contribution in [3.05, 3.63) is 18.0 Å². The SMILES string of the molecule is CCn1cc(CCC(C)C=O)cn1. The second-order valence-corrected chi connectivity index (χ2v) is 3.36. The van der Waals surface area contributed by atoms with Crippen molar-refractivity contribution in [2.75, 3.05) is 0 Å². The molecule has 0 spiro atoms. The molecular formula is C10H16N2O. The zero-order valence-electron chi connectivity index (χ0n) is 8.23. The summed E-state index contributed by atoms with van der Waals surface area (Å²) in [6, 6.07) is 0. The van der Waals surface area contributed by atoms with E-state index in [1.54, 1.807) is 0 Å². The standard InChI is InChI=1S/C10H16N2O/c1-3-12-7-10(6-11-12)5-4-9(2)8-13/h6-9H,3-5H2,1-2H3. The fraction of sp³-hybridized carbons (Fsp3) is 0.600. The second-order valence-electron chi connectivity index (χ2n) is 3.36. The van der Waals surface area contributed by atoms with Crippen LogP contribution in [0.5, 0.6) is 0 Å². The van der Waals surface area contributed by atoms with E-state index in [2.05, 4.69) is 12.0 Å². The van der Waals surface area contributed by atoms with Crippen molar-refractivity contribution in [2.24, 2.45) is 5.92 Å². The minimum absolute atomic E-state index is 0.157. The molecule has 0 saturated heterocycles. The van der Waals surface area contributed by atoms with Crippen LogP contribution >= 0.6 is 0 Å². The van der Waals surface area contributed by atoms with Gasteiger partial charge in [0.2, 0.25) is 0 Å². The average molecular weight is 180 g/mol. The van der Waals surface area contributed by atoms with Crippen LogP contribution in [0.3, 0.4) is 0 Å². The van der Waals surface area contributed by atoms with Crippen molar-refractivity contribution in [2.45, 2.75) is 33.2 Å². The van der Waals surface area contributed by atoms with E-state index in [-0.39, 0.29) is 5.92 Å². The Kier molecular flexibility index (Phi) is 3.68. The van der Waals surface area contributed by atoms with Crippen LogP contribution in [-0.2, 0) is 17.8 Å². The Hall–Kier alpha value is -1.12. The Morgan fingerprint density at radius 3 is 3.00 bits per heavy atom. The number of aldehydes is 1. The quantitative estimate of drug-likeness (QED) is 0.646. The molecule has 1 unspecified atom stereocenters. The fourth-order valence-corrected chi connectivity index (χ4v) is 1.17. The smallest absolute Gasteiger partial charge is 0.122 e. The van der Waals surface area contributed by atoms with Crippen molar-refractivity contribution in [3.8, 4) is 0 Å². The lowest BCUT2D eigenvalue weighted by atomic mass is 10.1. The molecule has 0 bridgehead atoms. The van der Waals surface area contributed by atoms with Crippen molar-refractivity contribution in [1.82, 2.24) is 9.78 Å². The summed E-state index contributed by atoms with van der Waals surface area (Å²) in [5, 5.41) is 4.17. The molecule has 3 nitrogen and oxygen atoms in total. The third-order valence-corrected chi connectivity index (χ3v) is 2.13. The monoisotopic (exact) mass is 180 g/mol. The highest BCUT2D eigenvalue weighted by molar-refractivity contribution is 5.52. The third-order valence-electron chi connectivity index (χ3n) is 2.13. The van der Waals surface area contributed by atoms with E-state index in [0.717, 1.165) is 25.7 Å². The summed E-state index contributed by atoms with van der Waals surface area (Å²) in [4.78, 5) is 10.4. The highest BCUT2D eigenvalue weighted by Gasteiger charge is 2.02. The largest absolute Gasteiger partial charge is 0.303 e. The Balaban J connectivity index is 2.40. The number of aryl methyl sites for hydroxylation is 2. The lowest BCUT2D eigenvalue weighted by molar-refractivity contribution is -0.110. The maximum absolute atomic E-state index is 10.4. The summed E-state index contributed by atoms with van der Waals surface area (Å²) in [5.74, 6) is 0.157. The van der Waals surface area contributed by atoms with E-state index < -0.39 is 0 Å². The Morgan fingerprint density at radius 1 is 1.69 bits per heavy atom. The van der Waals surface area contributed by atoms with Crippen LogP contribution in [0.2, 0.25) is 0 Å². The third kappa shape index (κ3) is 3.01. The van der Waals surface area contributed by atoms with E-state index in [9.17, 15) is 4.79 Å². The Morgan fingerprint density at radius 2 is 2.46 bits per heavy atom. The van der Waals surface area contributed by atoms with Crippen LogP contribution < -0.4 is 0 Å². The summed E-state index contributed by atoms with van der Waals surface area (Å²) in [6.07, 6.45) is 6.78. The van der Waals surface area contributed by atoms with Gasteiger partial charge in [0.1, 0.15) is 6.29 Å². The molecule has 0 aromatic carbocycles. The average Bonchev–Trinajstić information content (AvgIpc) is 2.61. The van der Waals surface area contributed by atoms with Gasteiger partial charge >= 0.3 is 0 Å². The Labute approximate surface area is 78.8 Å². The highest BCUT2D eigenvalue weighted by atomic mass is 16.1. The number of carbonyl (C=O) groups is 1. The fourth-order valence-electron chi connectivity index (χ4n) is 1.17. The van der Waals surface area contributed by atoms with Gasteiger partial charge in [-0.15, -0.1) is 0 Å². The number of aromatic nitrogens is 2. The van der Waals surface area contributed by atoms with Gasteiger partial charge in [0.15, 0.2) is 0 Å². The Bertz CT molecular complexity index is 268. The molecule has 0 N–H and O–H groups in total. The van der Waals surface area contributed by atoms with Crippen molar-refractivity contribution in [3.63, 3.8) is 0 Å². The molecule has 1 rings (SSSR count). The maximum atomic E-state index is 10.4. The molecule has 1 aromatic rings. The minimum Gasteiger partial charge on any atom is -0.303 e. The number of carbonyl (C=O) groups excluding carboxylic acids is 1. The van der Waals surface area contributed by atoms with Crippen molar-refractivity contribution in [1.29, 1.82) is 0 Å². The predicted molar refractivity (Wildman–Crippen MR) is 51.5 cm³/mol. The normalized spacial score (nSPS) is 12.8. The molecule has 1 aromatic heterocycles.